The molecule has 12 heteroatoms. The SMILES string of the molecule is CSCCC(N)C(=O)NC(Cc1ccccc1)C(=O)NCC(=O)NC(CC(=O)O)C(=O)O. The lowest BCUT2D eigenvalue weighted by Crippen LogP contribution is -2.54. The Balaban J connectivity index is 2.77. The smallest absolute Gasteiger partial charge is 0.326 e. The summed E-state index contributed by atoms with van der Waals surface area (Å²) < 4.78 is 0. The van der Waals surface area contributed by atoms with Crippen LogP contribution in [0, 0.1) is 0 Å². The van der Waals surface area contributed by atoms with E-state index in [1.807, 2.05) is 11.6 Å². The molecule has 0 aliphatic rings. The molecule has 0 spiro atoms. The van der Waals surface area contributed by atoms with Crippen LogP contribution in [0.15, 0.2) is 30.3 Å². The number of carbonyl (C=O) groups excluding carboxylic acids is 3. The van der Waals surface area contributed by atoms with Crippen LogP contribution in [-0.2, 0) is 30.4 Å². The summed E-state index contributed by atoms with van der Waals surface area (Å²) in [5.74, 6) is -4.29. The van der Waals surface area contributed by atoms with Gasteiger partial charge in [0.1, 0.15) is 12.1 Å². The molecule has 0 saturated heterocycles. The lowest BCUT2D eigenvalue weighted by Gasteiger charge is -2.21. The fraction of sp³-hybridized carbons (Fsp3) is 0.450. The van der Waals surface area contributed by atoms with Gasteiger partial charge in [-0.15, -0.1) is 0 Å². The minimum absolute atomic E-state index is 0.145. The molecule has 1 aromatic rings. The third kappa shape index (κ3) is 10.3. The number of carboxylic acid groups (broad SMARTS) is 2. The monoisotopic (exact) mass is 468 g/mol. The topological polar surface area (TPSA) is 188 Å². The van der Waals surface area contributed by atoms with Gasteiger partial charge in [0.2, 0.25) is 17.7 Å². The van der Waals surface area contributed by atoms with Crippen molar-refractivity contribution in [1.82, 2.24) is 16.0 Å². The molecule has 0 heterocycles. The predicted molar refractivity (Wildman–Crippen MR) is 118 cm³/mol. The molecule has 1 aromatic carbocycles. The highest BCUT2D eigenvalue weighted by Crippen LogP contribution is 2.05. The lowest BCUT2D eigenvalue weighted by molar-refractivity contribution is -0.147. The van der Waals surface area contributed by atoms with Gasteiger partial charge in [-0.2, -0.15) is 11.8 Å². The van der Waals surface area contributed by atoms with Crippen LogP contribution in [0.5, 0.6) is 0 Å². The third-order valence-corrected chi connectivity index (χ3v) is 4.96. The molecule has 0 aliphatic carbocycles. The maximum Gasteiger partial charge on any atom is 0.326 e. The van der Waals surface area contributed by atoms with Crippen LogP contribution in [0.3, 0.4) is 0 Å². The van der Waals surface area contributed by atoms with E-state index in [0.29, 0.717) is 12.2 Å². The highest BCUT2D eigenvalue weighted by atomic mass is 32.2. The minimum Gasteiger partial charge on any atom is -0.481 e. The Morgan fingerprint density at radius 2 is 1.66 bits per heavy atom. The Labute approximate surface area is 189 Å². The number of carboxylic acids is 2. The number of amides is 3. The fourth-order valence-electron chi connectivity index (χ4n) is 2.62. The van der Waals surface area contributed by atoms with Gasteiger partial charge in [-0.3, -0.25) is 19.2 Å². The first kappa shape index (κ1) is 26.9. The molecule has 0 aliphatic heterocycles. The van der Waals surface area contributed by atoms with Crippen molar-refractivity contribution in [2.24, 2.45) is 5.73 Å². The van der Waals surface area contributed by atoms with Crippen molar-refractivity contribution >= 4 is 41.4 Å². The van der Waals surface area contributed by atoms with Crippen molar-refractivity contribution in [3.63, 3.8) is 0 Å². The second kappa shape index (κ2) is 14.0. The van der Waals surface area contributed by atoms with E-state index in [-0.39, 0.29) is 6.42 Å². The zero-order valence-corrected chi connectivity index (χ0v) is 18.4. The predicted octanol–water partition coefficient (Wildman–Crippen LogP) is -1.05. The molecular weight excluding hydrogens is 440 g/mol. The van der Waals surface area contributed by atoms with E-state index in [2.05, 4.69) is 10.6 Å². The van der Waals surface area contributed by atoms with Crippen molar-refractivity contribution in [3.8, 4) is 0 Å². The summed E-state index contributed by atoms with van der Waals surface area (Å²) in [7, 11) is 0. The average molecular weight is 469 g/mol. The number of thioether (sulfide) groups is 1. The summed E-state index contributed by atoms with van der Waals surface area (Å²) in [5.41, 5.74) is 6.63. The molecule has 32 heavy (non-hydrogen) atoms. The number of hydrogen-bond acceptors (Lipinski definition) is 7. The van der Waals surface area contributed by atoms with Crippen LogP contribution >= 0.6 is 11.8 Å². The standard InChI is InChI=1S/C20H28N4O7S/c1-32-8-7-13(21)18(28)24-14(9-12-5-3-2-4-6-12)19(29)22-11-16(25)23-15(20(30)31)10-17(26)27/h2-6,13-15H,7-11,21H2,1H3,(H,22,29)(H,23,25)(H,24,28)(H,26,27)(H,30,31). The van der Waals surface area contributed by atoms with Crippen molar-refractivity contribution in [3.05, 3.63) is 35.9 Å². The van der Waals surface area contributed by atoms with Gasteiger partial charge in [-0.05, 0) is 24.0 Å². The van der Waals surface area contributed by atoms with Gasteiger partial charge >= 0.3 is 11.9 Å². The third-order valence-electron chi connectivity index (χ3n) is 4.32. The van der Waals surface area contributed by atoms with Crippen LogP contribution in [0.25, 0.3) is 0 Å². The van der Waals surface area contributed by atoms with Gasteiger partial charge < -0.3 is 31.9 Å². The number of rotatable bonds is 14. The summed E-state index contributed by atoms with van der Waals surface area (Å²) in [4.78, 5) is 58.8. The van der Waals surface area contributed by atoms with E-state index in [0.717, 1.165) is 5.56 Å². The molecular formula is C20H28N4O7S. The average Bonchev–Trinajstić information content (AvgIpc) is 2.75. The van der Waals surface area contributed by atoms with Crippen molar-refractivity contribution < 1.29 is 34.2 Å². The summed E-state index contributed by atoms with van der Waals surface area (Å²) in [6.07, 6.45) is 1.64. The van der Waals surface area contributed by atoms with Crippen molar-refractivity contribution in [2.75, 3.05) is 18.6 Å². The summed E-state index contributed by atoms with van der Waals surface area (Å²) in [6, 6.07) is 5.45. The van der Waals surface area contributed by atoms with Gasteiger partial charge in [0.15, 0.2) is 0 Å². The highest BCUT2D eigenvalue weighted by Gasteiger charge is 2.26. The van der Waals surface area contributed by atoms with Crippen LogP contribution in [0.1, 0.15) is 18.4 Å². The molecule has 0 fully saturated rings. The number of carbonyl (C=O) groups is 5. The molecule has 0 radical (unpaired) electrons. The molecule has 7 N–H and O–H groups in total. The number of aliphatic carboxylic acids is 2. The minimum atomic E-state index is -1.63. The van der Waals surface area contributed by atoms with E-state index < -0.39 is 60.8 Å². The molecule has 0 bridgehead atoms. The highest BCUT2D eigenvalue weighted by molar-refractivity contribution is 7.98. The Morgan fingerprint density at radius 1 is 1.00 bits per heavy atom. The largest absolute Gasteiger partial charge is 0.481 e. The van der Waals surface area contributed by atoms with E-state index in [4.69, 9.17) is 15.9 Å². The molecule has 3 unspecified atom stereocenters. The van der Waals surface area contributed by atoms with Crippen LogP contribution < -0.4 is 21.7 Å². The van der Waals surface area contributed by atoms with Gasteiger partial charge in [0, 0.05) is 6.42 Å². The Kier molecular flexibility index (Phi) is 11.8. The Bertz CT molecular complexity index is 806. The van der Waals surface area contributed by atoms with Gasteiger partial charge in [0.05, 0.1) is 19.0 Å². The fourth-order valence-corrected chi connectivity index (χ4v) is 3.11. The molecule has 176 valence electrons. The molecule has 3 atom stereocenters. The first-order valence-corrected chi connectivity index (χ1v) is 11.1. The summed E-state index contributed by atoms with van der Waals surface area (Å²) >= 11 is 1.53. The maximum absolute atomic E-state index is 12.7. The van der Waals surface area contributed by atoms with E-state index in [1.54, 1.807) is 30.3 Å². The van der Waals surface area contributed by atoms with Gasteiger partial charge in [-0.1, -0.05) is 30.3 Å². The molecule has 11 nitrogen and oxygen atoms in total. The van der Waals surface area contributed by atoms with E-state index in [9.17, 15) is 24.0 Å². The van der Waals surface area contributed by atoms with Crippen LogP contribution in [0.4, 0.5) is 0 Å². The second-order valence-corrected chi connectivity index (χ2v) is 7.90. The molecule has 0 saturated carbocycles. The zero-order valence-electron chi connectivity index (χ0n) is 17.6. The van der Waals surface area contributed by atoms with Gasteiger partial charge in [-0.25, -0.2) is 4.79 Å². The lowest BCUT2D eigenvalue weighted by atomic mass is 10.0. The first-order chi connectivity index (χ1) is 15.1. The van der Waals surface area contributed by atoms with Crippen LogP contribution in [-0.4, -0.2) is 76.6 Å². The van der Waals surface area contributed by atoms with Crippen molar-refractivity contribution in [2.45, 2.75) is 37.4 Å². The van der Waals surface area contributed by atoms with Gasteiger partial charge in [0.25, 0.3) is 0 Å². The molecule has 0 aromatic heterocycles. The zero-order chi connectivity index (χ0) is 24.1. The Hall–Kier alpha value is -3.12. The normalized spacial score (nSPS) is 13.3. The quantitative estimate of drug-likeness (QED) is 0.198. The van der Waals surface area contributed by atoms with E-state index in [1.165, 1.54) is 11.8 Å². The molecule has 3 amide bonds. The van der Waals surface area contributed by atoms with Crippen LogP contribution in [0.2, 0.25) is 0 Å². The number of benzene rings is 1. The number of nitrogens with two attached hydrogens (primary N) is 1. The summed E-state index contributed by atoms with van der Waals surface area (Å²) in [5, 5.41) is 24.7. The first-order valence-electron chi connectivity index (χ1n) is 9.74. The molecule has 1 rings (SSSR count). The Morgan fingerprint density at radius 3 is 2.22 bits per heavy atom. The number of hydrogen-bond donors (Lipinski definition) is 6. The summed E-state index contributed by atoms with van der Waals surface area (Å²) in [6.45, 7) is -0.595. The van der Waals surface area contributed by atoms with Crippen molar-refractivity contribution in [1.29, 1.82) is 0 Å². The maximum atomic E-state index is 12.7. The number of nitrogens with one attached hydrogen (secondary N) is 3. The second-order valence-electron chi connectivity index (χ2n) is 6.91. The van der Waals surface area contributed by atoms with E-state index >= 15 is 0 Å².